The highest BCUT2D eigenvalue weighted by molar-refractivity contribution is 5.47. The maximum atomic E-state index is 13.9. The highest BCUT2D eigenvalue weighted by Gasteiger charge is 2.20. The first-order chi connectivity index (χ1) is 11.8. The molecule has 0 amide bonds. The van der Waals surface area contributed by atoms with Crippen molar-refractivity contribution in [1.82, 2.24) is 24.7 Å². The summed E-state index contributed by atoms with van der Waals surface area (Å²) in [7, 11) is 0. The summed E-state index contributed by atoms with van der Waals surface area (Å²) in [5.74, 6) is 0.416. The molecule has 24 heavy (non-hydrogen) atoms. The number of aromatic nitrogens is 5. The van der Waals surface area contributed by atoms with Crippen molar-refractivity contribution in [2.24, 2.45) is 0 Å². The second-order valence-corrected chi connectivity index (χ2v) is 5.54. The Morgan fingerprint density at radius 2 is 2.04 bits per heavy atom. The van der Waals surface area contributed by atoms with Gasteiger partial charge in [0.15, 0.2) is 5.82 Å². The number of fused-ring (bicyclic) bond motifs is 1. The highest BCUT2D eigenvalue weighted by atomic mass is 19.1. The van der Waals surface area contributed by atoms with Crippen LogP contribution in [-0.4, -0.2) is 31.3 Å². The van der Waals surface area contributed by atoms with Crippen LogP contribution >= 0.6 is 0 Å². The molecule has 0 radical (unpaired) electrons. The van der Waals surface area contributed by atoms with Crippen molar-refractivity contribution in [1.29, 1.82) is 0 Å². The highest BCUT2D eigenvalue weighted by Crippen LogP contribution is 2.23. The molecule has 122 valence electrons. The van der Waals surface area contributed by atoms with Crippen molar-refractivity contribution in [3.63, 3.8) is 0 Å². The standard InChI is InChI=1S/C16H16FN7/c17-14-9-18-2-1-15(14)23-5-6-24-13(11-23)7-12(22-24)8-21-16-10-19-3-4-20-16/h1-4,7,9-10H,5-6,8,11H2,(H,20,21). The van der Waals surface area contributed by atoms with Crippen LogP contribution in [0.1, 0.15) is 11.4 Å². The first-order valence-electron chi connectivity index (χ1n) is 7.69. The Bertz CT molecular complexity index is 833. The molecule has 8 heteroatoms. The first kappa shape index (κ1) is 14.6. The van der Waals surface area contributed by atoms with Crippen molar-refractivity contribution in [2.45, 2.75) is 19.6 Å². The molecule has 7 nitrogen and oxygen atoms in total. The quantitative estimate of drug-likeness (QED) is 0.789. The number of rotatable bonds is 4. The zero-order valence-corrected chi connectivity index (χ0v) is 12.9. The lowest BCUT2D eigenvalue weighted by Crippen LogP contribution is -2.34. The van der Waals surface area contributed by atoms with Crippen LogP contribution in [0, 0.1) is 5.82 Å². The van der Waals surface area contributed by atoms with Gasteiger partial charge in [0.2, 0.25) is 0 Å². The largest absolute Gasteiger partial charge is 0.363 e. The normalized spacial score (nSPS) is 13.6. The summed E-state index contributed by atoms with van der Waals surface area (Å²) in [4.78, 5) is 14.0. The van der Waals surface area contributed by atoms with Gasteiger partial charge in [0.05, 0.1) is 49.1 Å². The van der Waals surface area contributed by atoms with Gasteiger partial charge in [-0.3, -0.25) is 14.6 Å². The van der Waals surface area contributed by atoms with Crippen LogP contribution in [0.4, 0.5) is 15.9 Å². The fourth-order valence-electron chi connectivity index (χ4n) is 2.81. The summed E-state index contributed by atoms with van der Waals surface area (Å²) < 4.78 is 15.9. The van der Waals surface area contributed by atoms with Gasteiger partial charge < -0.3 is 10.2 Å². The monoisotopic (exact) mass is 325 g/mol. The van der Waals surface area contributed by atoms with Crippen LogP contribution in [0.5, 0.6) is 0 Å². The third-order valence-electron chi connectivity index (χ3n) is 3.95. The van der Waals surface area contributed by atoms with E-state index in [0.29, 0.717) is 31.1 Å². The molecule has 1 aliphatic rings. The molecule has 3 aromatic rings. The first-order valence-corrected chi connectivity index (χ1v) is 7.69. The summed E-state index contributed by atoms with van der Waals surface area (Å²) in [6, 6.07) is 3.74. The minimum absolute atomic E-state index is 0.296. The molecule has 0 aromatic carbocycles. The van der Waals surface area contributed by atoms with E-state index in [2.05, 4.69) is 25.4 Å². The Kier molecular flexibility index (Phi) is 3.78. The Morgan fingerprint density at radius 3 is 2.88 bits per heavy atom. The Hall–Kier alpha value is -3.03. The van der Waals surface area contributed by atoms with Gasteiger partial charge in [-0.1, -0.05) is 0 Å². The second kappa shape index (κ2) is 6.23. The number of nitrogens with one attached hydrogen (secondary N) is 1. The van der Waals surface area contributed by atoms with Crippen LogP contribution in [-0.2, 0) is 19.6 Å². The van der Waals surface area contributed by atoms with E-state index in [1.165, 1.54) is 6.20 Å². The van der Waals surface area contributed by atoms with Crippen molar-refractivity contribution in [2.75, 3.05) is 16.8 Å². The summed E-state index contributed by atoms with van der Waals surface area (Å²) in [5.41, 5.74) is 2.57. The van der Waals surface area contributed by atoms with Crippen LogP contribution < -0.4 is 10.2 Å². The van der Waals surface area contributed by atoms with E-state index in [-0.39, 0.29) is 5.82 Å². The van der Waals surface area contributed by atoms with Crippen molar-refractivity contribution in [3.8, 4) is 0 Å². The summed E-state index contributed by atoms with van der Waals surface area (Å²) >= 11 is 0. The molecular weight excluding hydrogens is 309 g/mol. The number of nitrogens with zero attached hydrogens (tertiary/aromatic N) is 6. The minimum Gasteiger partial charge on any atom is -0.363 e. The number of anilines is 2. The van der Waals surface area contributed by atoms with Crippen LogP contribution in [0.25, 0.3) is 0 Å². The lowest BCUT2D eigenvalue weighted by molar-refractivity contribution is 0.508. The maximum Gasteiger partial charge on any atom is 0.164 e. The second-order valence-electron chi connectivity index (χ2n) is 5.54. The van der Waals surface area contributed by atoms with E-state index < -0.39 is 0 Å². The molecule has 0 spiro atoms. The Balaban J connectivity index is 1.47. The van der Waals surface area contributed by atoms with Gasteiger partial charge in [-0.2, -0.15) is 5.10 Å². The zero-order valence-electron chi connectivity index (χ0n) is 12.9. The Labute approximate surface area is 138 Å². The molecule has 0 aliphatic carbocycles. The SMILES string of the molecule is Fc1cnccc1N1CCn2nc(CNc3cnccn3)cc2C1. The molecule has 0 saturated heterocycles. The van der Waals surface area contributed by atoms with E-state index >= 15 is 0 Å². The van der Waals surface area contributed by atoms with Crippen molar-refractivity contribution < 1.29 is 4.39 Å². The van der Waals surface area contributed by atoms with Crippen molar-refractivity contribution >= 4 is 11.5 Å². The third kappa shape index (κ3) is 2.90. The zero-order chi connectivity index (χ0) is 16.4. The number of halogens is 1. The lowest BCUT2D eigenvalue weighted by Gasteiger charge is -2.29. The molecule has 0 bridgehead atoms. The van der Waals surface area contributed by atoms with Crippen LogP contribution in [0.2, 0.25) is 0 Å². The molecule has 0 fully saturated rings. The van der Waals surface area contributed by atoms with Gasteiger partial charge in [0, 0.05) is 25.1 Å². The van der Waals surface area contributed by atoms with Gasteiger partial charge in [0.1, 0.15) is 5.82 Å². The number of hydrogen-bond acceptors (Lipinski definition) is 6. The Morgan fingerprint density at radius 1 is 1.12 bits per heavy atom. The lowest BCUT2D eigenvalue weighted by atomic mass is 10.2. The average Bonchev–Trinajstić information content (AvgIpc) is 3.03. The third-order valence-corrected chi connectivity index (χ3v) is 3.95. The number of pyridine rings is 1. The molecule has 4 rings (SSSR count). The maximum absolute atomic E-state index is 13.9. The van der Waals surface area contributed by atoms with E-state index in [9.17, 15) is 4.39 Å². The van der Waals surface area contributed by atoms with Gasteiger partial charge >= 0.3 is 0 Å². The predicted molar refractivity (Wildman–Crippen MR) is 86.8 cm³/mol. The molecule has 0 saturated carbocycles. The smallest absolute Gasteiger partial charge is 0.164 e. The van der Waals surface area contributed by atoms with Crippen molar-refractivity contribution in [3.05, 3.63) is 60.3 Å². The molecule has 4 heterocycles. The van der Waals surface area contributed by atoms with E-state index in [1.54, 1.807) is 30.9 Å². The van der Waals surface area contributed by atoms with E-state index in [0.717, 1.165) is 17.9 Å². The summed E-state index contributed by atoms with van der Waals surface area (Å²) in [5, 5.41) is 7.78. The van der Waals surface area contributed by atoms with Gasteiger partial charge in [0.25, 0.3) is 0 Å². The molecule has 0 atom stereocenters. The predicted octanol–water partition coefficient (Wildman–Crippen LogP) is 1.84. The van der Waals surface area contributed by atoms with Gasteiger partial charge in [-0.15, -0.1) is 0 Å². The molecular formula is C16H16FN7. The summed E-state index contributed by atoms with van der Waals surface area (Å²) in [6.45, 7) is 2.64. The molecule has 1 N–H and O–H groups in total. The van der Waals surface area contributed by atoms with E-state index in [4.69, 9.17) is 0 Å². The molecule has 1 aliphatic heterocycles. The topological polar surface area (TPSA) is 71.8 Å². The van der Waals surface area contributed by atoms with Gasteiger partial charge in [-0.05, 0) is 12.1 Å². The fourth-order valence-corrected chi connectivity index (χ4v) is 2.81. The minimum atomic E-state index is -0.296. The van der Waals surface area contributed by atoms with Crippen LogP contribution in [0.3, 0.4) is 0 Å². The number of hydrogen-bond donors (Lipinski definition) is 1. The summed E-state index contributed by atoms with van der Waals surface area (Å²) in [6.07, 6.45) is 7.80. The van der Waals surface area contributed by atoms with Gasteiger partial charge in [-0.25, -0.2) is 9.37 Å². The van der Waals surface area contributed by atoms with Crippen LogP contribution in [0.15, 0.2) is 43.1 Å². The fraction of sp³-hybridized carbons (Fsp3) is 0.250. The van der Waals surface area contributed by atoms with E-state index in [1.807, 2.05) is 15.6 Å². The molecule has 3 aromatic heterocycles. The average molecular weight is 325 g/mol. The molecule has 0 unspecified atom stereocenters.